The molecule has 20 heavy (non-hydrogen) atoms. The monoisotopic (exact) mass is 344 g/mol. The van der Waals surface area contributed by atoms with Crippen LogP contribution >= 0.6 is 15.9 Å². The molecule has 6 heteroatoms. The first-order chi connectivity index (χ1) is 9.49. The zero-order valence-corrected chi connectivity index (χ0v) is 11.9. The van der Waals surface area contributed by atoms with E-state index in [0.717, 1.165) is 6.07 Å². The van der Waals surface area contributed by atoms with Gasteiger partial charge in [-0.2, -0.15) is 0 Å². The van der Waals surface area contributed by atoms with Crippen LogP contribution in [0.1, 0.15) is 17.2 Å². The molecule has 0 aromatic heterocycles. The van der Waals surface area contributed by atoms with E-state index in [4.69, 9.17) is 5.84 Å². The minimum atomic E-state index is -0.675. The van der Waals surface area contributed by atoms with E-state index in [0.29, 0.717) is 15.6 Å². The fourth-order valence-corrected chi connectivity index (χ4v) is 2.38. The number of halogens is 4. The highest BCUT2D eigenvalue weighted by Crippen LogP contribution is 2.24. The van der Waals surface area contributed by atoms with Gasteiger partial charge in [0.25, 0.3) is 0 Å². The third kappa shape index (κ3) is 3.59. The molecule has 0 radical (unpaired) electrons. The van der Waals surface area contributed by atoms with Gasteiger partial charge in [0.15, 0.2) is 0 Å². The summed E-state index contributed by atoms with van der Waals surface area (Å²) in [6.07, 6.45) is 0.165. The van der Waals surface area contributed by atoms with Crippen LogP contribution in [0, 0.1) is 17.5 Å². The Kier molecular flexibility index (Phi) is 4.80. The van der Waals surface area contributed by atoms with E-state index >= 15 is 0 Å². The van der Waals surface area contributed by atoms with Gasteiger partial charge < -0.3 is 0 Å². The Morgan fingerprint density at radius 3 is 2.30 bits per heavy atom. The number of hydrogen-bond acceptors (Lipinski definition) is 2. The van der Waals surface area contributed by atoms with E-state index < -0.39 is 23.5 Å². The van der Waals surface area contributed by atoms with Crippen LogP contribution in [0.3, 0.4) is 0 Å². The third-order valence-corrected chi connectivity index (χ3v) is 3.39. The van der Waals surface area contributed by atoms with Crippen molar-refractivity contribution in [1.29, 1.82) is 0 Å². The Morgan fingerprint density at radius 2 is 1.70 bits per heavy atom. The van der Waals surface area contributed by atoms with Crippen LogP contribution in [-0.2, 0) is 6.42 Å². The van der Waals surface area contributed by atoms with Crippen molar-refractivity contribution < 1.29 is 13.2 Å². The maximum atomic E-state index is 13.8. The van der Waals surface area contributed by atoms with Crippen molar-refractivity contribution in [2.45, 2.75) is 12.5 Å². The number of rotatable bonds is 4. The molecule has 0 saturated heterocycles. The Balaban J connectivity index is 2.31. The normalized spacial score (nSPS) is 12.4. The lowest BCUT2D eigenvalue weighted by Crippen LogP contribution is -2.30. The largest absolute Gasteiger partial charge is 0.271 e. The molecule has 0 amide bonds. The quantitative estimate of drug-likeness (QED) is 0.656. The minimum Gasteiger partial charge on any atom is -0.271 e. The summed E-state index contributed by atoms with van der Waals surface area (Å²) >= 11 is 3.25. The van der Waals surface area contributed by atoms with Gasteiger partial charge in [-0.1, -0.05) is 15.9 Å². The second kappa shape index (κ2) is 6.39. The van der Waals surface area contributed by atoms with Gasteiger partial charge in [-0.05, 0) is 42.3 Å². The van der Waals surface area contributed by atoms with Crippen LogP contribution < -0.4 is 11.3 Å². The lowest BCUT2D eigenvalue weighted by molar-refractivity contribution is 0.506. The molecule has 1 atom stereocenters. The van der Waals surface area contributed by atoms with Crippen LogP contribution in [0.25, 0.3) is 0 Å². The molecule has 0 heterocycles. The molecule has 0 aliphatic heterocycles. The van der Waals surface area contributed by atoms with E-state index in [1.54, 1.807) is 12.1 Å². The van der Waals surface area contributed by atoms with E-state index in [-0.39, 0.29) is 6.42 Å². The molecule has 3 N–H and O–H groups in total. The molecule has 2 aromatic carbocycles. The molecule has 0 fully saturated rings. The van der Waals surface area contributed by atoms with Crippen LogP contribution in [0.15, 0.2) is 40.9 Å². The summed E-state index contributed by atoms with van der Waals surface area (Å²) in [5, 5.41) is 0. The first kappa shape index (κ1) is 15.0. The highest BCUT2D eigenvalue weighted by Gasteiger charge is 2.16. The van der Waals surface area contributed by atoms with Crippen molar-refractivity contribution in [2.24, 2.45) is 5.84 Å². The SMILES string of the molecule is NNC(Cc1cc(F)cc(F)c1)c1cc(Br)ccc1F. The molecule has 0 saturated carbocycles. The maximum absolute atomic E-state index is 13.8. The summed E-state index contributed by atoms with van der Waals surface area (Å²) in [5.41, 5.74) is 3.19. The highest BCUT2D eigenvalue weighted by molar-refractivity contribution is 9.10. The fraction of sp³-hybridized carbons (Fsp3) is 0.143. The summed E-state index contributed by atoms with van der Waals surface area (Å²) in [6, 6.07) is 7.04. The topological polar surface area (TPSA) is 38.0 Å². The number of hydrazine groups is 1. The number of nitrogens with one attached hydrogen (secondary N) is 1. The van der Waals surface area contributed by atoms with Gasteiger partial charge in [-0.15, -0.1) is 0 Å². The first-order valence-electron chi connectivity index (χ1n) is 5.85. The number of hydrogen-bond donors (Lipinski definition) is 2. The average molecular weight is 345 g/mol. The van der Waals surface area contributed by atoms with E-state index in [2.05, 4.69) is 21.4 Å². The molecule has 1 unspecified atom stereocenters. The molecule has 2 rings (SSSR count). The lowest BCUT2D eigenvalue weighted by Gasteiger charge is -2.17. The first-order valence-corrected chi connectivity index (χ1v) is 6.65. The van der Waals surface area contributed by atoms with Gasteiger partial charge in [0.2, 0.25) is 0 Å². The summed E-state index contributed by atoms with van der Waals surface area (Å²) in [4.78, 5) is 0. The molecule has 2 aromatic rings. The standard InChI is InChI=1S/C14H12BrF3N2/c15-9-1-2-13(18)12(6-9)14(20-19)5-8-3-10(16)7-11(17)4-8/h1-4,6-7,14,20H,5,19H2. The summed E-state index contributed by atoms with van der Waals surface area (Å²) in [5.74, 6) is 3.64. The van der Waals surface area contributed by atoms with Crippen molar-refractivity contribution >= 4 is 15.9 Å². The van der Waals surface area contributed by atoms with Crippen LogP contribution in [0.4, 0.5) is 13.2 Å². The zero-order chi connectivity index (χ0) is 14.7. The van der Waals surface area contributed by atoms with Gasteiger partial charge in [0.1, 0.15) is 17.5 Å². The zero-order valence-electron chi connectivity index (χ0n) is 10.3. The fourth-order valence-electron chi connectivity index (χ4n) is 2.00. The van der Waals surface area contributed by atoms with Gasteiger partial charge in [-0.25, -0.2) is 13.2 Å². The van der Waals surface area contributed by atoms with Crippen molar-refractivity contribution in [3.63, 3.8) is 0 Å². The second-order valence-electron chi connectivity index (χ2n) is 4.37. The molecular weight excluding hydrogens is 333 g/mol. The molecule has 0 spiro atoms. The van der Waals surface area contributed by atoms with E-state index in [9.17, 15) is 13.2 Å². The summed E-state index contributed by atoms with van der Waals surface area (Å²) in [7, 11) is 0. The lowest BCUT2D eigenvalue weighted by atomic mass is 9.99. The molecule has 0 aliphatic rings. The van der Waals surface area contributed by atoms with Crippen molar-refractivity contribution in [3.8, 4) is 0 Å². The van der Waals surface area contributed by atoms with Crippen molar-refractivity contribution in [3.05, 3.63) is 69.4 Å². The molecule has 2 nitrogen and oxygen atoms in total. The summed E-state index contributed by atoms with van der Waals surface area (Å²) < 4.78 is 40.8. The van der Waals surface area contributed by atoms with Crippen molar-refractivity contribution in [1.82, 2.24) is 5.43 Å². The third-order valence-electron chi connectivity index (χ3n) is 2.90. The van der Waals surface area contributed by atoms with Gasteiger partial charge in [-0.3, -0.25) is 11.3 Å². The highest BCUT2D eigenvalue weighted by atomic mass is 79.9. The maximum Gasteiger partial charge on any atom is 0.128 e. The Hall–Kier alpha value is -1.37. The minimum absolute atomic E-state index is 0.165. The van der Waals surface area contributed by atoms with E-state index in [1.807, 2.05) is 0 Å². The second-order valence-corrected chi connectivity index (χ2v) is 5.28. The van der Waals surface area contributed by atoms with Crippen LogP contribution in [0.2, 0.25) is 0 Å². The predicted octanol–water partition coefficient (Wildman–Crippen LogP) is 3.61. The van der Waals surface area contributed by atoms with Crippen molar-refractivity contribution in [2.75, 3.05) is 0 Å². The Bertz CT molecular complexity index is 599. The molecule has 0 bridgehead atoms. The van der Waals surface area contributed by atoms with Crippen LogP contribution in [-0.4, -0.2) is 0 Å². The molecule has 106 valence electrons. The Labute approximate surface area is 122 Å². The molecular formula is C14H12BrF3N2. The number of benzene rings is 2. The summed E-state index contributed by atoms with van der Waals surface area (Å²) in [6.45, 7) is 0. The smallest absolute Gasteiger partial charge is 0.128 e. The predicted molar refractivity (Wildman–Crippen MR) is 74.2 cm³/mol. The van der Waals surface area contributed by atoms with Crippen LogP contribution in [0.5, 0.6) is 0 Å². The Morgan fingerprint density at radius 1 is 1.05 bits per heavy atom. The number of nitrogens with two attached hydrogens (primary N) is 1. The average Bonchev–Trinajstić information content (AvgIpc) is 2.38. The molecule has 0 aliphatic carbocycles. The van der Waals surface area contributed by atoms with Gasteiger partial charge in [0, 0.05) is 16.1 Å². The van der Waals surface area contributed by atoms with E-state index in [1.165, 1.54) is 18.2 Å². The van der Waals surface area contributed by atoms with Gasteiger partial charge >= 0.3 is 0 Å². The van der Waals surface area contributed by atoms with Gasteiger partial charge in [0.05, 0.1) is 6.04 Å².